The number of oxime groups is 1. The van der Waals surface area contributed by atoms with Crippen molar-refractivity contribution in [3.63, 3.8) is 0 Å². The van der Waals surface area contributed by atoms with Gasteiger partial charge in [-0.25, -0.2) is 0 Å². The molecule has 1 rings (SSSR count). The van der Waals surface area contributed by atoms with Crippen molar-refractivity contribution in [2.75, 3.05) is 6.61 Å². The van der Waals surface area contributed by atoms with Crippen LogP contribution in [0.4, 0.5) is 0 Å². The Labute approximate surface area is 218 Å². The molecule has 35 heavy (non-hydrogen) atoms. The minimum Gasteiger partial charge on any atom is -0.520 e. The van der Waals surface area contributed by atoms with E-state index in [1.54, 1.807) is 0 Å². The van der Waals surface area contributed by atoms with Gasteiger partial charge in [0.15, 0.2) is 8.32 Å². The van der Waals surface area contributed by atoms with Gasteiger partial charge in [-0.15, -0.1) is 0 Å². The second-order valence-corrected chi connectivity index (χ2v) is 20.5. The zero-order chi connectivity index (χ0) is 26.3. The molecule has 0 saturated heterocycles. The van der Waals surface area contributed by atoms with Crippen LogP contribution in [-0.4, -0.2) is 41.0 Å². The number of hydrogen-bond donors (Lipinski definition) is 0. The van der Waals surface area contributed by atoms with Crippen LogP contribution < -0.4 is 0 Å². The molecule has 1 aliphatic carbocycles. The van der Waals surface area contributed by atoms with Crippen LogP contribution in [0.1, 0.15) is 90.9 Å². The predicted molar refractivity (Wildman–Crippen MR) is 154 cm³/mol. The van der Waals surface area contributed by atoms with E-state index in [0.717, 1.165) is 57.1 Å². The second-order valence-electron chi connectivity index (χ2n) is 11.6. The van der Waals surface area contributed by atoms with Crippen molar-refractivity contribution in [1.29, 1.82) is 0 Å². The summed E-state index contributed by atoms with van der Waals surface area (Å²) in [4.78, 5) is 17.4. The fourth-order valence-electron chi connectivity index (χ4n) is 4.26. The van der Waals surface area contributed by atoms with Crippen LogP contribution in [0.2, 0.25) is 39.3 Å². The van der Waals surface area contributed by atoms with Crippen molar-refractivity contribution < 1.29 is 18.5 Å². The van der Waals surface area contributed by atoms with Gasteiger partial charge in [0.05, 0.1) is 11.8 Å². The van der Waals surface area contributed by atoms with Crippen molar-refractivity contribution in [1.82, 2.24) is 0 Å². The number of unbranched alkanes of at least 4 members (excludes halogenated alkanes) is 5. The van der Waals surface area contributed by atoms with Crippen LogP contribution in [0.25, 0.3) is 0 Å². The quantitative estimate of drug-likeness (QED) is 0.103. The summed E-state index contributed by atoms with van der Waals surface area (Å²) in [5.41, 5.74) is 3.86. The van der Waals surface area contributed by atoms with Crippen LogP contribution in [0.15, 0.2) is 28.5 Å². The maximum Gasteiger partial charge on any atom is 0.292 e. The smallest absolute Gasteiger partial charge is 0.292 e. The van der Waals surface area contributed by atoms with Gasteiger partial charge < -0.3 is 13.7 Å². The standard InChI is InChI=1S/C28H53NO4Si2/c1-9-11-14-17-25(32-34(3,4)5)22-20-24-21-23-27(29-31-10-2)26(24)18-15-12-13-16-19-28(30)33-35(6,7)8/h20,22,25H,9-19,21,23H2,1-8H3/b22-20+,29-27-. The second kappa shape index (κ2) is 16.5. The Hall–Kier alpha value is -1.19. The van der Waals surface area contributed by atoms with Gasteiger partial charge in [0.25, 0.3) is 5.97 Å². The molecule has 0 saturated carbocycles. The SMILES string of the molecule is CCCCCC(/C=C/C1=C(CCCCCCC(=O)O[Si](C)(C)C)C(=N\OCC)/CC1)O[Si](C)(C)C. The van der Waals surface area contributed by atoms with Crippen LogP contribution in [0, 0.1) is 0 Å². The molecule has 1 unspecified atom stereocenters. The van der Waals surface area contributed by atoms with Crippen molar-refractivity contribution in [2.24, 2.45) is 5.16 Å². The molecule has 0 N–H and O–H groups in total. The van der Waals surface area contributed by atoms with Crippen LogP contribution in [0.3, 0.4) is 0 Å². The van der Waals surface area contributed by atoms with Gasteiger partial charge in [-0.2, -0.15) is 0 Å². The molecule has 7 heteroatoms. The zero-order valence-electron chi connectivity index (χ0n) is 24.0. The van der Waals surface area contributed by atoms with E-state index < -0.39 is 16.6 Å². The summed E-state index contributed by atoms with van der Waals surface area (Å²) in [6.07, 6.45) is 17.3. The average Bonchev–Trinajstić information content (AvgIpc) is 3.12. The third-order valence-corrected chi connectivity index (χ3v) is 7.61. The first-order valence-electron chi connectivity index (χ1n) is 13.9. The third-order valence-electron chi connectivity index (χ3n) is 5.76. The van der Waals surface area contributed by atoms with Gasteiger partial charge in [0.1, 0.15) is 6.61 Å². The first-order chi connectivity index (χ1) is 16.4. The fourth-order valence-corrected chi connectivity index (χ4v) is 6.15. The van der Waals surface area contributed by atoms with Crippen molar-refractivity contribution >= 4 is 28.3 Å². The molecule has 202 valence electrons. The van der Waals surface area contributed by atoms with E-state index in [9.17, 15) is 4.79 Å². The highest BCUT2D eigenvalue weighted by Gasteiger charge is 2.23. The fraction of sp³-hybridized carbons (Fsp3) is 0.786. The molecule has 0 spiro atoms. The average molecular weight is 524 g/mol. The highest BCUT2D eigenvalue weighted by Crippen LogP contribution is 2.30. The lowest BCUT2D eigenvalue weighted by molar-refractivity contribution is -0.135. The number of allylic oxidation sites excluding steroid dienone is 3. The van der Waals surface area contributed by atoms with E-state index in [4.69, 9.17) is 13.7 Å². The van der Waals surface area contributed by atoms with Gasteiger partial charge in [-0.1, -0.05) is 56.3 Å². The molecule has 0 aromatic heterocycles. The van der Waals surface area contributed by atoms with Gasteiger partial charge in [0, 0.05) is 6.42 Å². The number of rotatable bonds is 18. The lowest BCUT2D eigenvalue weighted by atomic mass is 10.0. The van der Waals surface area contributed by atoms with Gasteiger partial charge in [0.2, 0.25) is 8.32 Å². The Balaban J connectivity index is 2.74. The highest BCUT2D eigenvalue weighted by atomic mass is 28.4. The molecule has 0 amide bonds. The van der Waals surface area contributed by atoms with Crippen LogP contribution >= 0.6 is 0 Å². The van der Waals surface area contributed by atoms with Crippen molar-refractivity contribution in [3.05, 3.63) is 23.3 Å². The molecule has 0 radical (unpaired) electrons. The van der Waals surface area contributed by atoms with E-state index in [-0.39, 0.29) is 12.1 Å². The largest absolute Gasteiger partial charge is 0.520 e. The monoisotopic (exact) mass is 523 g/mol. The summed E-state index contributed by atoms with van der Waals surface area (Å²) in [7, 11) is -3.38. The Morgan fingerprint density at radius 2 is 1.66 bits per heavy atom. The first kappa shape index (κ1) is 31.8. The molecule has 0 aromatic carbocycles. The van der Waals surface area contributed by atoms with Crippen LogP contribution in [-0.2, 0) is 18.5 Å². The number of nitrogens with zero attached hydrogens (tertiary/aromatic N) is 1. The lowest BCUT2D eigenvalue weighted by Gasteiger charge is -2.24. The molecule has 0 aliphatic heterocycles. The Bertz CT molecular complexity index is 717. The van der Waals surface area contributed by atoms with Gasteiger partial charge in [-0.05, 0) is 95.9 Å². The zero-order valence-corrected chi connectivity index (χ0v) is 26.0. The molecule has 0 heterocycles. The number of carbonyl (C=O) groups excluding carboxylic acids is 1. The Morgan fingerprint density at radius 3 is 2.29 bits per heavy atom. The third kappa shape index (κ3) is 15.5. The van der Waals surface area contributed by atoms with E-state index in [0.29, 0.717) is 13.0 Å². The minimum absolute atomic E-state index is 0.0322. The maximum atomic E-state index is 11.9. The van der Waals surface area contributed by atoms with Gasteiger partial charge >= 0.3 is 0 Å². The molecule has 0 fully saturated rings. The topological polar surface area (TPSA) is 57.1 Å². The van der Waals surface area contributed by atoms with E-state index >= 15 is 0 Å². The van der Waals surface area contributed by atoms with Crippen molar-refractivity contribution in [2.45, 2.75) is 136 Å². The molecule has 1 aliphatic rings. The lowest BCUT2D eigenvalue weighted by Crippen LogP contribution is -2.31. The maximum absolute atomic E-state index is 11.9. The number of carbonyl (C=O) groups is 1. The van der Waals surface area contributed by atoms with Crippen LogP contribution in [0.5, 0.6) is 0 Å². The molecule has 1 atom stereocenters. The first-order valence-corrected chi connectivity index (χ1v) is 20.8. The molecular formula is C28H53NO4Si2. The Morgan fingerprint density at radius 1 is 0.943 bits per heavy atom. The summed E-state index contributed by atoms with van der Waals surface area (Å²) in [6.45, 7) is 17.8. The Kier molecular flexibility index (Phi) is 15.0. The normalized spacial score (nSPS) is 17.0. The summed E-state index contributed by atoms with van der Waals surface area (Å²) < 4.78 is 12.0. The highest BCUT2D eigenvalue weighted by molar-refractivity contribution is 6.71. The van der Waals surface area contributed by atoms with Crippen molar-refractivity contribution in [3.8, 4) is 0 Å². The molecule has 5 nitrogen and oxygen atoms in total. The van der Waals surface area contributed by atoms with E-state index in [1.165, 1.54) is 30.4 Å². The van der Waals surface area contributed by atoms with Gasteiger partial charge in [-0.3, -0.25) is 4.79 Å². The summed E-state index contributed by atoms with van der Waals surface area (Å²) >= 11 is 0. The summed E-state index contributed by atoms with van der Waals surface area (Å²) in [5, 5.41) is 4.44. The summed E-state index contributed by atoms with van der Waals surface area (Å²) in [6, 6.07) is 0. The number of hydrogen-bond acceptors (Lipinski definition) is 5. The minimum atomic E-state index is -1.77. The van der Waals surface area contributed by atoms with E-state index in [2.05, 4.69) is 63.5 Å². The molecule has 0 aromatic rings. The summed E-state index contributed by atoms with van der Waals surface area (Å²) in [5.74, 6) is -0.0322. The van der Waals surface area contributed by atoms with E-state index in [1.807, 2.05) is 6.92 Å². The predicted octanol–water partition coefficient (Wildman–Crippen LogP) is 8.54. The molecular weight excluding hydrogens is 470 g/mol. The molecule has 0 bridgehead atoms.